The quantitative estimate of drug-likeness (QED) is 0.213. The van der Waals surface area contributed by atoms with Gasteiger partial charge in [0.05, 0.1) is 5.69 Å². The lowest BCUT2D eigenvalue weighted by Gasteiger charge is -2.11. The Bertz CT molecular complexity index is 1500. The second-order valence-corrected chi connectivity index (χ2v) is 9.19. The number of hydrogen-bond donors (Lipinski definition) is 0. The van der Waals surface area contributed by atoms with E-state index in [1.807, 2.05) is 85.4 Å². The molecule has 5 rings (SSSR count). The van der Waals surface area contributed by atoms with E-state index < -0.39 is 0 Å². The number of thioether (sulfide) groups is 1. The van der Waals surface area contributed by atoms with Crippen molar-refractivity contribution in [2.75, 3.05) is 0 Å². The van der Waals surface area contributed by atoms with Gasteiger partial charge in [-0.25, -0.2) is 9.97 Å². The minimum atomic E-state index is -0.0131. The number of rotatable bonds is 7. The lowest BCUT2D eigenvalue weighted by Crippen LogP contribution is -2.24. The van der Waals surface area contributed by atoms with E-state index >= 15 is 0 Å². The molecule has 0 unspecified atom stereocenters. The van der Waals surface area contributed by atoms with Gasteiger partial charge in [-0.2, -0.15) is 0 Å². The summed E-state index contributed by atoms with van der Waals surface area (Å²) in [4.78, 5) is 23.3. The molecule has 0 aliphatic rings. The molecule has 0 saturated carbocycles. The summed E-state index contributed by atoms with van der Waals surface area (Å²) in [6.45, 7) is 4.61. The molecule has 0 saturated heterocycles. The number of oxazole rings is 1. The number of fused-ring (bicyclic) bond motifs is 1. The number of benzene rings is 2. The van der Waals surface area contributed by atoms with Gasteiger partial charge < -0.3 is 8.98 Å². The van der Waals surface area contributed by atoms with E-state index in [9.17, 15) is 4.79 Å². The lowest BCUT2D eigenvalue weighted by atomic mass is 10.1. The molecular formula is C27H26N4O2S. The Morgan fingerprint density at radius 3 is 2.32 bits per heavy atom. The lowest BCUT2D eigenvalue weighted by molar-refractivity contribution is 0.540. The molecule has 172 valence electrons. The third-order valence-corrected chi connectivity index (χ3v) is 6.81. The zero-order chi connectivity index (χ0) is 23.7. The van der Waals surface area contributed by atoms with Gasteiger partial charge in [-0.3, -0.25) is 9.36 Å². The number of nitrogens with zero attached hydrogens (tertiary/aromatic N) is 4. The van der Waals surface area contributed by atoms with Crippen LogP contribution in [0.2, 0.25) is 0 Å². The fourth-order valence-corrected chi connectivity index (χ4v) is 5.13. The van der Waals surface area contributed by atoms with Gasteiger partial charge in [-0.15, -0.1) is 0 Å². The topological polar surface area (TPSA) is 65.8 Å². The maximum atomic E-state index is 13.5. The molecule has 0 aliphatic carbocycles. The van der Waals surface area contributed by atoms with Crippen molar-refractivity contribution in [3.05, 3.63) is 88.7 Å². The van der Waals surface area contributed by atoms with Crippen LogP contribution in [-0.2, 0) is 19.3 Å². The van der Waals surface area contributed by atoms with Crippen molar-refractivity contribution in [3.8, 4) is 22.6 Å². The Hall–Kier alpha value is -3.58. The monoisotopic (exact) mass is 470 g/mol. The van der Waals surface area contributed by atoms with E-state index in [1.54, 1.807) is 4.57 Å². The van der Waals surface area contributed by atoms with E-state index in [-0.39, 0.29) is 5.56 Å². The Morgan fingerprint density at radius 2 is 1.65 bits per heavy atom. The SMILES string of the molecule is CCCn1c(SCc2nc(-c3ccccc3)oc2C)nc2c(-c3ccccc3)cn(C)c2c1=O. The molecule has 0 fully saturated rings. The normalized spacial score (nSPS) is 11.4. The van der Waals surface area contributed by atoms with Gasteiger partial charge in [0.25, 0.3) is 5.56 Å². The van der Waals surface area contributed by atoms with Crippen LogP contribution in [0.4, 0.5) is 0 Å². The number of aromatic nitrogens is 4. The molecule has 0 aliphatic heterocycles. The second kappa shape index (κ2) is 9.35. The molecule has 0 radical (unpaired) electrons. The predicted octanol–water partition coefficient (Wildman–Crippen LogP) is 6.07. The van der Waals surface area contributed by atoms with Crippen molar-refractivity contribution < 1.29 is 4.42 Å². The maximum Gasteiger partial charge on any atom is 0.278 e. The first-order valence-electron chi connectivity index (χ1n) is 11.4. The van der Waals surface area contributed by atoms with Gasteiger partial charge in [0.2, 0.25) is 5.89 Å². The molecule has 2 aromatic carbocycles. The maximum absolute atomic E-state index is 13.5. The van der Waals surface area contributed by atoms with Gasteiger partial charge in [0.1, 0.15) is 16.8 Å². The Morgan fingerprint density at radius 1 is 0.971 bits per heavy atom. The van der Waals surface area contributed by atoms with Crippen molar-refractivity contribution in [3.63, 3.8) is 0 Å². The zero-order valence-corrected chi connectivity index (χ0v) is 20.3. The molecule has 34 heavy (non-hydrogen) atoms. The van der Waals surface area contributed by atoms with E-state index in [0.717, 1.165) is 40.1 Å². The summed E-state index contributed by atoms with van der Waals surface area (Å²) >= 11 is 1.53. The van der Waals surface area contributed by atoms with Crippen LogP contribution in [0.1, 0.15) is 24.8 Å². The fourth-order valence-electron chi connectivity index (χ4n) is 4.11. The highest BCUT2D eigenvalue weighted by molar-refractivity contribution is 7.98. The molecule has 0 atom stereocenters. The molecule has 0 amide bonds. The molecule has 3 aromatic heterocycles. The highest BCUT2D eigenvalue weighted by Gasteiger charge is 2.19. The van der Waals surface area contributed by atoms with Crippen LogP contribution in [0, 0.1) is 6.92 Å². The summed E-state index contributed by atoms with van der Waals surface area (Å²) in [6, 6.07) is 20.0. The summed E-state index contributed by atoms with van der Waals surface area (Å²) in [5.41, 5.74) is 5.16. The summed E-state index contributed by atoms with van der Waals surface area (Å²) < 4.78 is 9.60. The average Bonchev–Trinajstić information content (AvgIpc) is 3.40. The van der Waals surface area contributed by atoms with Gasteiger partial charge in [-0.1, -0.05) is 67.2 Å². The number of hydrogen-bond acceptors (Lipinski definition) is 5. The van der Waals surface area contributed by atoms with Crippen molar-refractivity contribution in [2.45, 2.75) is 37.7 Å². The highest BCUT2D eigenvalue weighted by atomic mass is 32.2. The Labute approximate surface area is 202 Å². The molecule has 7 heteroatoms. The molecule has 0 spiro atoms. The van der Waals surface area contributed by atoms with Crippen LogP contribution < -0.4 is 5.56 Å². The van der Waals surface area contributed by atoms with Crippen LogP contribution in [0.5, 0.6) is 0 Å². The standard InChI is InChI=1S/C27H26N4O2S/c1-4-15-31-26(32)24-23(21(16-30(24)3)19-11-7-5-8-12-19)29-27(31)34-17-22-18(2)33-25(28-22)20-13-9-6-10-14-20/h5-14,16H,4,15,17H2,1-3H3. The molecular weight excluding hydrogens is 444 g/mol. The van der Waals surface area contributed by atoms with Crippen molar-refractivity contribution >= 4 is 22.8 Å². The smallest absolute Gasteiger partial charge is 0.278 e. The molecule has 5 aromatic rings. The first kappa shape index (κ1) is 22.2. The first-order chi connectivity index (χ1) is 16.6. The average molecular weight is 471 g/mol. The van der Waals surface area contributed by atoms with Crippen LogP contribution in [-0.4, -0.2) is 19.1 Å². The molecule has 0 N–H and O–H groups in total. The largest absolute Gasteiger partial charge is 0.441 e. The van der Waals surface area contributed by atoms with Crippen molar-refractivity contribution in [2.24, 2.45) is 7.05 Å². The Kier molecular flexibility index (Phi) is 6.11. The van der Waals surface area contributed by atoms with E-state index in [0.29, 0.717) is 28.9 Å². The van der Waals surface area contributed by atoms with Crippen LogP contribution in [0.25, 0.3) is 33.6 Å². The predicted molar refractivity (Wildman–Crippen MR) is 137 cm³/mol. The van der Waals surface area contributed by atoms with Crippen molar-refractivity contribution in [1.29, 1.82) is 0 Å². The summed E-state index contributed by atoms with van der Waals surface area (Å²) in [5.74, 6) is 1.95. The van der Waals surface area contributed by atoms with E-state index in [2.05, 4.69) is 6.92 Å². The van der Waals surface area contributed by atoms with Crippen LogP contribution >= 0.6 is 11.8 Å². The third kappa shape index (κ3) is 4.07. The third-order valence-electron chi connectivity index (χ3n) is 5.82. The number of aryl methyl sites for hydroxylation is 2. The van der Waals surface area contributed by atoms with Gasteiger partial charge >= 0.3 is 0 Å². The van der Waals surface area contributed by atoms with Gasteiger partial charge in [0, 0.05) is 36.7 Å². The fraction of sp³-hybridized carbons (Fsp3) is 0.222. The summed E-state index contributed by atoms with van der Waals surface area (Å²) in [5, 5.41) is 0.700. The highest BCUT2D eigenvalue weighted by Crippen LogP contribution is 2.31. The van der Waals surface area contributed by atoms with Crippen LogP contribution in [0.15, 0.2) is 81.2 Å². The molecule has 3 heterocycles. The molecule has 0 bridgehead atoms. The minimum absolute atomic E-state index is 0.0131. The Balaban J connectivity index is 1.55. The first-order valence-corrected chi connectivity index (χ1v) is 12.3. The van der Waals surface area contributed by atoms with E-state index in [1.165, 1.54) is 11.8 Å². The summed E-state index contributed by atoms with van der Waals surface area (Å²) in [7, 11) is 1.91. The van der Waals surface area contributed by atoms with Crippen LogP contribution in [0.3, 0.4) is 0 Å². The zero-order valence-electron chi connectivity index (χ0n) is 19.5. The molecule has 6 nitrogen and oxygen atoms in total. The van der Waals surface area contributed by atoms with Gasteiger partial charge in [-0.05, 0) is 31.0 Å². The van der Waals surface area contributed by atoms with Gasteiger partial charge in [0.15, 0.2) is 5.16 Å². The minimum Gasteiger partial charge on any atom is -0.441 e. The van der Waals surface area contributed by atoms with E-state index in [4.69, 9.17) is 14.4 Å². The summed E-state index contributed by atoms with van der Waals surface area (Å²) in [6.07, 6.45) is 2.84. The van der Waals surface area contributed by atoms with Crippen molar-refractivity contribution in [1.82, 2.24) is 19.1 Å². The second-order valence-electron chi connectivity index (χ2n) is 8.24.